The first-order valence-corrected chi connectivity index (χ1v) is 6.37. The molecule has 0 aromatic carbocycles. The third-order valence-electron chi connectivity index (χ3n) is 2.60. The molecule has 17 heavy (non-hydrogen) atoms. The van der Waals surface area contributed by atoms with Crippen molar-refractivity contribution in [2.24, 2.45) is 5.92 Å². The summed E-state index contributed by atoms with van der Waals surface area (Å²) >= 11 is 0. The summed E-state index contributed by atoms with van der Waals surface area (Å²) in [7, 11) is 0. The SMILES string of the molecule is CCCc1c(N)ncnc1OCCCC(C)C. The van der Waals surface area contributed by atoms with Crippen molar-refractivity contribution in [2.45, 2.75) is 46.5 Å². The van der Waals surface area contributed by atoms with Crippen molar-refractivity contribution in [3.8, 4) is 5.88 Å². The van der Waals surface area contributed by atoms with Crippen LogP contribution in [0.15, 0.2) is 6.33 Å². The highest BCUT2D eigenvalue weighted by atomic mass is 16.5. The highest BCUT2D eigenvalue weighted by molar-refractivity contribution is 5.44. The largest absolute Gasteiger partial charge is 0.477 e. The van der Waals surface area contributed by atoms with Crippen molar-refractivity contribution in [3.63, 3.8) is 0 Å². The molecule has 0 spiro atoms. The predicted molar refractivity (Wildman–Crippen MR) is 70.0 cm³/mol. The molecule has 1 heterocycles. The van der Waals surface area contributed by atoms with E-state index in [0.29, 0.717) is 24.2 Å². The highest BCUT2D eigenvalue weighted by Crippen LogP contribution is 2.21. The van der Waals surface area contributed by atoms with E-state index in [1.807, 2.05) is 0 Å². The average molecular weight is 237 g/mol. The molecule has 0 amide bonds. The quantitative estimate of drug-likeness (QED) is 0.741. The van der Waals surface area contributed by atoms with Gasteiger partial charge in [0.25, 0.3) is 0 Å². The van der Waals surface area contributed by atoms with Gasteiger partial charge in [0.1, 0.15) is 12.1 Å². The smallest absolute Gasteiger partial charge is 0.221 e. The van der Waals surface area contributed by atoms with Gasteiger partial charge in [-0.05, 0) is 25.2 Å². The number of rotatable bonds is 7. The Morgan fingerprint density at radius 1 is 1.35 bits per heavy atom. The first-order valence-electron chi connectivity index (χ1n) is 6.37. The number of nitrogen functional groups attached to an aromatic ring is 1. The van der Waals surface area contributed by atoms with Crippen LogP contribution >= 0.6 is 0 Å². The van der Waals surface area contributed by atoms with Gasteiger partial charge in [-0.25, -0.2) is 9.97 Å². The van der Waals surface area contributed by atoms with Crippen LogP contribution in [0, 0.1) is 5.92 Å². The Kier molecular flexibility index (Phi) is 5.73. The standard InChI is InChI=1S/C13H23N3O/c1-4-6-11-12(14)15-9-16-13(11)17-8-5-7-10(2)3/h9-10H,4-8H2,1-3H3,(H2,14,15,16). The number of hydrogen-bond acceptors (Lipinski definition) is 4. The molecule has 0 saturated heterocycles. The van der Waals surface area contributed by atoms with E-state index in [4.69, 9.17) is 10.5 Å². The van der Waals surface area contributed by atoms with E-state index in [9.17, 15) is 0 Å². The van der Waals surface area contributed by atoms with Crippen molar-refractivity contribution in [1.29, 1.82) is 0 Å². The van der Waals surface area contributed by atoms with E-state index < -0.39 is 0 Å². The van der Waals surface area contributed by atoms with Gasteiger partial charge in [-0.15, -0.1) is 0 Å². The maximum Gasteiger partial charge on any atom is 0.221 e. The van der Waals surface area contributed by atoms with E-state index >= 15 is 0 Å². The van der Waals surface area contributed by atoms with E-state index in [-0.39, 0.29) is 0 Å². The summed E-state index contributed by atoms with van der Waals surface area (Å²) in [6.07, 6.45) is 5.56. The molecular weight excluding hydrogens is 214 g/mol. The molecular formula is C13H23N3O. The molecule has 0 unspecified atom stereocenters. The second-order valence-electron chi connectivity index (χ2n) is 4.68. The Morgan fingerprint density at radius 2 is 2.12 bits per heavy atom. The zero-order chi connectivity index (χ0) is 12.7. The Hall–Kier alpha value is -1.32. The molecule has 0 radical (unpaired) electrons. The number of nitrogens with zero attached hydrogens (tertiary/aromatic N) is 2. The summed E-state index contributed by atoms with van der Waals surface area (Å²) in [5.41, 5.74) is 6.77. The van der Waals surface area contributed by atoms with Crippen LogP contribution in [0.4, 0.5) is 5.82 Å². The van der Waals surface area contributed by atoms with E-state index in [0.717, 1.165) is 24.8 Å². The molecule has 1 aromatic rings. The van der Waals surface area contributed by atoms with Crippen LogP contribution in [-0.4, -0.2) is 16.6 Å². The molecule has 2 N–H and O–H groups in total. The number of aromatic nitrogens is 2. The third-order valence-corrected chi connectivity index (χ3v) is 2.60. The fraction of sp³-hybridized carbons (Fsp3) is 0.692. The third kappa shape index (κ3) is 4.59. The van der Waals surface area contributed by atoms with E-state index in [1.165, 1.54) is 12.7 Å². The monoisotopic (exact) mass is 237 g/mol. The van der Waals surface area contributed by atoms with Crippen LogP contribution in [0.1, 0.15) is 45.6 Å². The number of hydrogen-bond donors (Lipinski definition) is 1. The van der Waals surface area contributed by atoms with E-state index in [1.54, 1.807) is 0 Å². The lowest BCUT2D eigenvalue weighted by Gasteiger charge is -2.11. The first kappa shape index (κ1) is 13.7. The van der Waals surface area contributed by atoms with Crippen molar-refractivity contribution in [1.82, 2.24) is 9.97 Å². The van der Waals surface area contributed by atoms with Crippen molar-refractivity contribution in [2.75, 3.05) is 12.3 Å². The summed E-state index contributed by atoms with van der Waals surface area (Å²) in [6.45, 7) is 7.23. The second kappa shape index (κ2) is 7.09. The molecule has 96 valence electrons. The van der Waals surface area contributed by atoms with Gasteiger partial charge >= 0.3 is 0 Å². The molecule has 0 aliphatic rings. The Morgan fingerprint density at radius 3 is 2.76 bits per heavy atom. The molecule has 4 nitrogen and oxygen atoms in total. The molecule has 0 saturated carbocycles. The van der Waals surface area contributed by atoms with Crippen molar-refractivity contribution in [3.05, 3.63) is 11.9 Å². The maximum atomic E-state index is 5.83. The Bertz CT molecular complexity index is 339. The fourth-order valence-electron chi connectivity index (χ4n) is 1.68. The van der Waals surface area contributed by atoms with Crippen molar-refractivity contribution < 1.29 is 4.74 Å². The van der Waals surface area contributed by atoms with Crippen LogP contribution in [0.25, 0.3) is 0 Å². The second-order valence-corrected chi connectivity index (χ2v) is 4.68. The first-order chi connectivity index (χ1) is 8.15. The summed E-state index contributed by atoms with van der Waals surface area (Å²) in [5, 5.41) is 0. The highest BCUT2D eigenvalue weighted by Gasteiger charge is 2.09. The number of anilines is 1. The summed E-state index contributed by atoms with van der Waals surface area (Å²) in [4.78, 5) is 8.16. The molecule has 0 atom stereocenters. The number of ether oxygens (including phenoxy) is 1. The van der Waals surface area contributed by atoms with Gasteiger partial charge in [0, 0.05) is 0 Å². The lowest BCUT2D eigenvalue weighted by Crippen LogP contribution is -2.07. The summed E-state index contributed by atoms with van der Waals surface area (Å²) in [6, 6.07) is 0. The molecule has 1 aromatic heterocycles. The normalized spacial score (nSPS) is 10.8. The summed E-state index contributed by atoms with van der Waals surface area (Å²) in [5.74, 6) is 1.91. The lowest BCUT2D eigenvalue weighted by molar-refractivity contribution is 0.284. The van der Waals surface area contributed by atoms with Gasteiger partial charge in [-0.1, -0.05) is 27.2 Å². The molecule has 0 bridgehead atoms. The van der Waals surface area contributed by atoms with Gasteiger partial charge < -0.3 is 10.5 Å². The van der Waals surface area contributed by atoms with Gasteiger partial charge in [0.15, 0.2) is 0 Å². The van der Waals surface area contributed by atoms with Crippen LogP contribution in [0.5, 0.6) is 5.88 Å². The molecule has 4 heteroatoms. The van der Waals surface area contributed by atoms with Crippen molar-refractivity contribution >= 4 is 5.82 Å². The minimum Gasteiger partial charge on any atom is -0.477 e. The summed E-state index contributed by atoms with van der Waals surface area (Å²) < 4.78 is 5.69. The maximum absolute atomic E-state index is 5.83. The number of nitrogens with two attached hydrogens (primary N) is 1. The minimum absolute atomic E-state index is 0.542. The predicted octanol–water partition coefficient (Wildman–Crippen LogP) is 2.83. The lowest BCUT2D eigenvalue weighted by atomic mass is 10.1. The van der Waals surface area contributed by atoms with E-state index in [2.05, 4.69) is 30.7 Å². The van der Waals surface area contributed by atoms with Crippen LogP contribution in [-0.2, 0) is 6.42 Å². The van der Waals surface area contributed by atoms with Gasteiger partial charge in [-0.3, -0.25) is 0 Å². The van der Waals surface area contributed by atoms with Gasteiger partial charge in [0.2, 0.25) is 5.88 Å². The molecule has 0 aliphatic heterocycles. The average Bonchev–Trinajstić information content (AvgIpc) is 2.28. The van der Waals surface area contributed by atoms with Crippen LogP contribution < -0.4 is 10.5 Å². The Labute approximate surface area is 104 Å². The Balaban J connectivity index is 2.54. The molecule has 0 aliphatic carbocycles. The molecule has 1 rings (SSSR count). The fourth-order valence-corrected chi connectivity index (χ4v) is 1.68. The van der Waals surface area contributed by atoms with Gasteiger partial charge in [-0.2, -0.15) is 0 Å². The molecule has 0 fully saturated rings. The minimum atomic E-state index is 0.542. The zero-order valence-corrected chi connectivity index (χ0v) is 11.1. The van der Waals surface area contributed by atoms with Crippen LogP contribution in [0.2, 0.25) is 0 Å². The topological polar surface area (TPSA) is 61.0 Å². The zero-order valence-electron chi connectivity index (χ0n) is 11.1. The van der Waals surface area contributed by atoms with Gasteiger partial charge in [0.05, 0.1) is 12.2 Å². The van der Waals surface area contributed by atoms with Crippen LogP contribution in [0.3, 0.4) is 0 Å².